The molecule has 0 saturated heterocycles. The molecule has 0 unspecified atom stereocenters. The van der Waals surface area contributed by atoms with Gasteiger partial charge in [0.15, 0.2) is 5.69 Å². The third-order valence-electron chi connectivity index (χ3n) is 3.02. The minimum Gasteiger partial charge on any atom is -0.497 e. The van der Waals surface area contributed by atoms with Gasteiger partial charge in [0.25, 0.3) is 0 Å². The summed E-state index contributed by atoms with van der Waals surface area (Å²) in [7, 11) is 1.66. The van der Waals surface area contributed by atoms with E-state index >= 15 is 0 Å². The fraction of sp³-hybridized carbons (Fsp3) is 0.250. The lowest BCUT2D eigenvalue weighted by atomic mass is 10.2. The van der Waals surface area contributed by atoms with Gasteiger partial charge in [0.1, 0.15) is 11.8 Å². The number of ether oxygens (including phenoxy) is 1. The lowest BCUT2D eigenvalue weighted by Gasteiger charge is -2.09. The monoisotopic (exact) mass is 284 g/mol. The van der Waals surface area contributed by atoms with E-state index in [1.807, 2.05) is 30.3 Å². The molecule has 20 heavy (non-hydrogen) atoms. The summed E-state index contributed by atoms with van der Waals surface area (Å²) in [5.74, 6) is 1.67. The van der Waals surface area contributed by atoms with Crippen molar-refractivity contribution in [2.24, 2.45) is 0 Å². The molecule has 0 fully saturated rings. The summed E-state index contributed by atoms with van der Waals surface area (Å²) in [5, 5.41) is 9.16. The zero-order chi connectivity index (χ0) is 14.4. The summed E-state index contributed by atoms with van der Waals surface area (Å²) in [6.07, 6.45) is 2.61. The highest BCUT2D eigenvalue weighted by Gasteiger charge is 2.09. The first kappa shape index (κ1) is 14.4. The molecular formula is C16H16N2OS. The van der Waals surface area contributed by atoms with Crippen LogP contribution in [0.15, 0.2) is 41.4 Å². The van der Waals surface area contributed by atoms with E-state index in [9.17, 15) is 0 Å². The molecule has 0 spiro atoms. The van der Waals surface area contributed by atoms with Gasteiger partial charge in [-0.1, -0.05) is 19.1 Å². The van der Waals surface area contributed by atoms with Crippen LogP contribution in [-0.2, 0) is 12.2 Å². The molecule has 0 bridgehead atoms. The zero-order valence-corrected chi connectivity index (χ0v) is 12.4. The molecule has 0 aliphatic carbocycles. The highest BCUT2D eigenvalue weighted by molar-refractivity contribution is 7.98. The number of benzene rings is 1. The number of aryl methyl sites for hydroxylation is 1. The van der Waals surface area contributed by atoms with Crippen LogP contribution in [0.1, 0.15) is 23.7 Å². The molecule has 3 nitrogen and oxygen atoms in total. The molecule has 4 heteroatoms. The molecular weight excluding hydrogens is 268 g/mol. The predicted molar refractivity (Wildman–Crippen MR) is 80.9 cm³/mol. The number of nitrogens with zero attached hydrogens (tertiary/aromatic N) is 2. The number of aromatic nitrogens is 1. The van der Waals surface area contributed by atoms with Crippen LogP contribution in [0.4, 0.5) is 0 Å². The Morgan fingerprint density at radius 2 is 2.00 bits per heavy atom. The van der Waals surface area contributed by atoms with Crippen LogP contribution in [0.5, 0.6) is 5.75 Å². The van der Waals surface area contributed by atoms with Gasteiger partial charge in [-0.05, 0) is 35.7 Å². The Bertz CT molecular complexity index is 617. The Kier molecular flexibility index (Phi) is 5.03. The van der Waals surface area contributed by atoms with Crippen LogP contribution >= 0.6 is 11.8 Å². The number of hydrogen-bond donors (Lipinski definition) is 0. The molecule has 1 aromatic heterocycles. The first-order valence-electron chi connectivity index (χ1n) is 6.42. The lowest BCUT2D eigenvalue weighted by Crippen LogP contribution is -1.94. The van der Waals surface area contributed by atoms with Gasteiger partial charge in [-0.25, -0.2) is 4.98 Å². The van der Waals surface area contributed by atoms with E-state index in [1.54, 1.807) is 25.1 Å². The number of methoxy groups -OCH3 is 1. The quantitative estimate of drug-likeness (QED) is 0.783. The van der Waals surface area contributed by atoms with Gasteiger partial charge in [0, 0.05) is 16.8 Å². The van der Waals surface area contributed by atoms with Gasteiger partial charge in [0.05, 0.1) is 7.11 Å². The second kappa shape index (κ2) is 6.97. The van der Waals surface area contributed by atoms with Crippen molar-refractivity contribution in [3.05, 3.63) is 53.3 Å². The Morgan fingerprint density at radius 3 is 2.60 bits per heavy atom. The van der Waals surface area contributed by atoms with Gasteiger partial charge in [0.2, 0.25) is 0 Å². The van der Waals surface area contributed by atoms with Crippen molar-refractivity contribution in [2.45, 2.75) is 24.0 Å². The summed E-state index contributed by atoms with van der Waals surface area (Å²) in [6, 6.07) is 12.1. The summed E-state index contributed by atoms with van der Waals surface area (Å²) in [6.45, 7) is 2.09. The maximum absolute atomic E-state index is 9.16. The van der Waals surface area contributed by atoms with Gasteiger partial charge in [-0.15, -0.1) is 11.8 Å². The van der Waals surface area contributed by atoms with Crippen molar-refractivity contribution in [1.82, 2.24) is 4.98 Å². The molecule has 0 aliphatic rings. The van der Waals surface area contributed by atoms with E-state index in [0.29, 0.717) is 5.69 Å². The van der Waals surface area contributed by atoms with Crippen LogP contribution < -0.4 is 4.74 Å². The van der Waals surface area contributed by atoms with E-state index in [0.717, 1.165) is 22.8 Å². The molecule has 1 aromatic carbocycles. The van der Waals surface area contributed by atoms with Crippen LogP contribution in [0, 0.1) is 11.3 Å². The highest BCUT2D eigenvalue weighted by Crippen LogP contribution is 2.29. The fourth-order valence-electron chi connectivity index (χ4n) is 1.88. The van der Waals surface area contributed by atoms with Crippen molar-refractivity contribution in [1.29, 1.82) is 5.26 Å². The number of thioether (sulfide) groups is 1. The summed E-state index contributed by atoms with van der Waals surface area (Å²) >= 11 is 1.66. The molecule has 2 rings (SSSR count). The van der Waals surface area contributed by atoms with Crippen LogP contribution in [0.25, 0.3) is 0 Å². The van der Waals surface area contributed by atoms with E-state index < -0.39 is 0 Å². The molecule has 0 N–H and O–H groups in total. The zero-order valence-electron chi connectivity index (χ0n) is 11.6. The summed E-state index contributed by atoms with van der Waals surface area (Å²) in [5.41, 5.74) is 2.89. The topological polar surface area (TPSA) is 45.9 Å². The Balaban J connectivity index is 2.15. The molecule has 0 saturated carbocycles. The minimum absolute atomic E-state index is 0.517. The van der Waals surface area contributed by atoms with Gasteiger partial charge >= 0.3 is 0 Å². The average molecular weight is 284 g/mol. The number of nitriles is 1. The minimum atomic E-state index is 0.517. The third-order valence-corrected chi connectivity index (χ3v) is 4.24. The van der Waals surface area contributed by atoms with E-state index in [-0.39, 0.29) is 0 Å². The van der Waals surface area contributed by atoms with Crippen molar-refractivity contribution in [2.75, 3.05) is 7.11 Å². The van der Waals surface area contributed by atoms with Gasteiger partial charge < -0.3 is 4.74 Å². The number of hydrogen-bond acceptors (Lipinski definition) is 4. The smallest absolute Gasteiger partial charge is 0.154 e. The molecule has 1 heterocycles. The predicted octanol–water partition coefficient (Wildman–Crippen LogP) is 3.82. The lowest BCUT2D eigenvalue weighted by molar-refractivity contribution is 0.414. The first-order chi connectivity index (χ1) is 9.78. The molecule has 0 amide bonds. The Hall–Kier alpha value is -1.99. The third kappa shape index (κ3) is 3.31. The second-order valence-corrected chi connectivity index (χ2v) is 5.24. The maximum Gasteiger partial charge on any atom is 0.154 e. The SMILES string of the molecule is CCc1ccnc(C#N)c1SCc1ccc(OC)cc1. The standard InChI is InChI=1S/C16H16N2OS/c1-3-13-8-9-18-15(10-17)16(13)20-11-12-4-6-14(19-2)7-5-12/h4-9H,3,11H2,1-2H3. The van der Waals surface area contributed by atoms with Gasteiger partial charge in [-0.2, -0.15) is 5.26 Å². The average Bonchev–Trinajstić information content (AvgIpc) is 2.52. The van der Waals surface area contributed by atoms with E-state index in [1.165, 1.54) is 11.1 Å². The molecule has 0 atom stereocenters. The van der Waals surface area contributed by atoms with E-state index in [2.05, 4.69) is 18.0 Å². The Morgan fingerprint density at radius 1 is 1.25 bits per heavy atom. The molecule has 0 radical (unpaired) electrons. The molecule has 102 valence electrons. The van der Waals surface area contributed by atoms with Crippen LogP contribution in [0.3, 0.4) is 0 Å². The van der Waals surface area contributed by atoms with Crippen molar-refractivity contribution >= 4 is 11.8 Å². The normalized spacial score (nSPS) is 10.1. The summed E-state index contributed by atoms with van der Waals surface area (Å²) < 4.78 is 5.15. The largest absolute Gasteiger partial charge is 0.497 e. The van der Waals surface area contributed by atoms with Crippen molar-refractivity contribution in [3.63, 3.8) is 0 Å². The second-order valence-electron chi connectivity index (χ2n) is 4.25. The van der Waals surface area contributed by atoms with Crippen LogP contribution in [-0.4, -0.2) is 12.1 Å². The maximum atomic E-state index is 9.16. The number of pyridine rings is 1. The molecule has 2 aromatic rings. The van der Waals surface area contributed by atoms with Crippen LogP contribution in [0.2, 0.25) is 0 Å². The fourth-order valence-corrected chi connectivity index (χ4v) is 3.02. The van der Waals surface area contributed by atoms with Crippen molar-refractivity contribution in [3.8, 4) is 11.8 Å². The summed E-state index contributed by atoms with van der Waals surface area (Å²) in [4.78, 5) is 5.14. The highest BCUT2D eigenvalue weighted by atomic mass is 32.2. The van der Waals surface area contributed by atoms with Gasteiger partial charge in [-0.3, -0.25) is 0 Å². The van der Waals surface area contributed by atoms with E-state index in [4.69, 9.17) is 10.00 Å². The number of rotatable bonds is 5. The Labute approximate surface area is 123 Å². The van der Waals surface area contributed by atoms with Crippen molar-refractivity contribution < 1.29 is 4.74 Å². The molecule has 0 aliphatic heterocycles. The first-order valence-corrected chi connectivity index (χ1v) is 7.40.